The van der Waals surface area contributed by atoms with Crippen LogP contribution in [-0.2, 0) is 11.8 Å². The summed E-state index contributed by atoms with van der Waals surface area (Å²) in [4.78, 5) is 26.7. The van der Waals surface area contributed by atoms with Crippen molar-refractivity contribution in [2.45, 2.75) is 19.8 Å². The van der Waals surface area contributed by atoms with E-state index in [0.29, 0.717) is 24.6 Å². The zero-order valence-corrected chi connectivity index (χ0v) is 12.5. The second-order valence-corrected chi connectivity index (χ2v) is 5.97. The van der Waals surface area contributed by atoms with Crippen LogP contribution in [0.5, 0.6) is 0 Å². The maximum atomic E-state index is 12.5. The molecule has 0 radical (unpaired) electrons. The van der Waals surface area contributed by atoms with E-state index in [1.165, 1.54) is 0 Å². The normalized spacial score (nSPS) is 16.4. The van der Waals surface area contributed by atoms with E-state index in [1.54, 1.807) is 11.1 Å². The van der Waals surface area contributed by atoms with Gasteiger partial charge in [-0.15, -0.1) is 0 Å². The number of fused-ring (bicyclic) bond motifs is 1. The lowest BCUT2D eigenvalue weighted by molar-refractivity contribution is -0.127. The number of nitrogens with zero attached hydrogens (tertiary/aromatic N) is 2. The van der Waals surface area contributed by atoms with E-state index in [0.717, 1.165) is 23.7 Å². The lowest BCUT2D eigenvalue weighted by Crippen LogP contribution is -2.41. The van der Waals surface area contributed by atoms with E-state index in [2.05, 4.69) is 6.92 Å². The van der Waals surface area contributed by atoms with Crippen molar-refractivity contribution in [2.24, 2.45) is 13.0 Å². The van der Waals surface area contributed by atoms with Crippen molar-refractivity contribution >= 4 is 22.6 Å². The number of carbonyl (C=O) groups is 2. The summed E-state index contributed by atoms with van der Waals surface area (Å²) < 4.78 is 1.90. The molecule has 4 heteroatoms. The van der Waals surface area contributed by atoms with E-state index in [1.807, 2.05) is 35.9 Å². The molecule has 0 aliphatic carbocycles. The molecule has 3 rings (SSSR count). The SMILES string of the molecule is CC1CCN(C(=O)C(=O)c2cn(C)c3ccccc23)CC1. The topological polar surface area (TPSA) is 42.3 Å². The molecule has 4 nitrogen and oxygen atoms in total. The fraction of sp³-hybridized carbons (Fsp3) is 0.412. The maximum Gasteiger partial charge on any atom is 0.295 e. The number of likely N-dealkylation sites (tertiary alicyclic amines) is 1. The summed E-state index contributed by atoms with van der Waals surface area (Å²) in [5, 5.41) is 0.851. The molecule has 1 fully saturated rings. The molecule has 110 valence electrons. The molecule has 2 heterocycles. The van der Waals surface area contributed by atoms with E-state index < -0.39 is 0 Å². The van der Waals surface area contributed by atoms with Gasteiger partial charge < -0.3 is 9.47 Å². The lowest BCUT2D eigenvalue weighted by Gasteiger charge is -2.29. The number of Topliss-reactive ketones (excluding diaryl/α,β-unsaturated/α-hetero) is 1. The van der Waals surface area contributed by atoms with E-state index in [4.69, 9.17) is 0 Å². The summed E-state index contributed by atoms with van der Waals surface area (Å²) in [6.07, 6.45) is 3.72. The highest BCUT2D eigenvalue weighted by Gasteiger charge is 2.28. The Balaban J connectivity index is 1.88. The highest BCUT2D eigenvalue weighted by atomic mass is 16.2. The maximum absolute atomic E-state index is 12.5. The Hall–Kier alpha value is -2.10. The molecule has 1 aromatic heterocycles. The lowest BCUT2D eigenvalue weighted by atomic mass is 9.98. The molecule has 0 N–H and O–H groups in total. The van der Waals surface area contributed by atoms with Crippen molar-refractivity contribution in [3.8, 4) is 0 Å². The molecule has 1 aliphatic rings. The number of aromatic nitrogens is 1. The smallest absolute Gasteiger partial charge is 0.295 e. The first-order valence-electron chi connectivity index (χ1n) is 7.45. The second kappa shape index (κ2) is 5.35. The van der Waals surface area contributed by atoms with Gasteiger partial charge in [-0.2, -0.15) is 0 Å². The average molecular weight is 284 g/mol. The van der Waals surface area contributed by atoms with Crippen LogP contribution in [-0.4, -0.2) is 34.2 Å². The van der Waals surface area contributed by atoms with Crippen molar-refractivity contribution in [2.75, 3.05) is 13.1 Å². The van der Waals surface area contributed by atoms with Crippen molar-refractivity contribution < 1.29 is 9.59 Å². The fourth-order valence-electron chi connectivity index (χ4n) is 2.99. The second-order valence-electron chi connectivity index (χ2n) is 5.97. The third-order valence-electron chi connectivity index (χ3n) is 4.41. The van der Waals surface area contributed by atoms with Crippen LogP contribution in [0.4, 0.5) is 0 Å². The van der Waals surface area contributed by atoms with Gasteiger partial charge in [0.05, 0.1) is 5.56 Å². The number of para-hydroxylation sites is 1. The van der Waals surface area contributed by atoms with Gasteiger partial charge in [-0.05, 0) is 24.8 Å². The van der Waals surface area contributed by atoms with Gasteiger partial charge >= 0.3 is 0 Å². The first-order valence-corrected chi connectivity index (χ1v) is 7.45. The monoisotopic (exact) mass is 284 g/mol. The molecule has 21 heavy (non-hydrogen) atoms. The minimum atomic E-state index is -0.388. The van der Waals surface area contributed by atoms with Crippen LogP contribution in [0.25, 0.3) is 10.9 Å². The minimum Gasteiger partial charge on any atom is -0.350 e. The first kappa shape index (κ1) is 13.9. The fourth-order valence-corrected chi connectivity index (χ4v) is 2.99. The van der Waals surface area contributed by atoms with Crippen LogP contribution in [0.15, 0.2) is 30.5 Å². The molecule has 1 aromatic carbocycles. The van der Waals surface area contributed by atoms with Crippen LogP contribution in [0, 0.1) is 5.92 Å². The largest absolute Gasteiger partial charge is 0.350 e. The zero-order chi connectivity index (χ0) is 15.0. The molecule has 2 aromatic rings. The average Bonchev–Trinajstić information content (AvgIpc) is 2.84. The number of carbonyl (C=O) groups excluding carboxylic acids is 2. The summed E-state index contributed by atoms with van der Waals surface area (Å²) >= 11 is 0. The Labute approximate surface area is 124 Å². The van der Waals surface area contributed by atoms with Gasteiger partial charge in [0.15, 0.2) is 0 Å². The zero-order valence-electron chi connectivity index (χ0n) is 12.5. The highest BCUT2D eigenvalue weighted by Crippen LogP contribution is 2.22. The Morgan fingerprint density at radius 2 is 1.81 bits per heavy atom. The van der Waals surface area contributed by atoms with Gasteiger partial charge in [0, 0.05) is 37.2 Å². The van der Waals surface area contributed by atoms with Gasteiger partial charge in [0.2, 0.25) is 0 Å². The molecular formula is C17H20N2O2. The number of piperidine rings is 1. The predicted octanol–water partition coefficient (Wildman–Crippen LogP) is 2.62. The summed E-state index contributed by atoms with van der Waals surface area (Å²) in [5.41, 5.74) is 1.48. The Morgan fingerprint density at radius 3 is 2.52 bits per heavy atom. The number of hydrogen-bond acceptors (Lipinski definition) is 2. The minimum absolute atomic E-state index is 0.363. The summed E-state index contributed by atoms with van der Waals surface area (Å²) in [7, 11) is 1.90. The number of hydrogen-bond donors (Lipinski definition) is 0. The standard InChI is InChI=1S/C17H20N2O2/c1-12-7-9-19(10-8-12)17(21)16(20)14-11-18(2)15-6-4-3-5-13(14)15/h3-6,11-12H,7-10H2,1-2H3. The van der Waals surface area contributed by atoms with Crippen LogP contribution in [0.1, 0.15) is 30.1 Å². The number of amides is 1. The van der Waals surface area contributed by atoms with Gasteiger partial charge in [-0.25, -0.2) is 0 Å². The number of ketones is 1. The quantitative estimate of drug-likeness (QED) is 0.628. The third kappa shape index (κ3) is 2.46. The van der Waals surface area contributed by atoms with Gasteiger partial charge in [0.25, 0.3) is 11.7 Å². The van der Waals surface area contributed by atoms with Crippen molar-refractivity contribution in [3.63, 3.8) is 0 Å². The summed E-state index contributed by atoms with van der Waals surface area (Å²) in [5.74, 6) is -0.110. The van der Waals surface area contributed by atoms with Gasteiger partial charge in [0.1, 0.15) is 0 Å². The molecule has 0 unspecified atom stereocenters. The van der Waals surface area contributed by atoms with E-state index >= 15 is 0 Å². The van der Waals surface area contributed by atoms with Crippen LogP contribution in [0.2, 0.25) is 0 Å². The van der Waals surface area contributed by atoms with Crippen LogP contribution < -0.4 is 0 Å². The molecule has 0 spiro atoms. The summed E-state index contributed by atoms with van der Waals surface area (Å²) in [6, 6.07) is 7.68. The third-order valence-corrected chi connectivity index (χ3v) is 4.41. The Bertz CT molecular complexity index is 694. The summed E-state index contributed by atoms with van der Waals surface area (Å²) in [6.45, 7) is 3.57. The number of aryl methyl sites for hydroxylation is 1. The molecule has 0 bridgehead atoms. The van der Waals surface area contributed by atoms with Crippen molar-refractivity contribution in [1.29, 1.82) is 0 Å². The molecule has 0 saturated carbocycles. The molecule has 0 atom stereocenters. The van der Waals surface area contributed by atoms with Crippen molar-refractivity contribution in [3.05, 3.63) is 36.0 Å². The molecule has 1 saturated heterocycles. The van der Waals surface area contributed by atoms with Crippen LogP contribution >= 0.6 is 0 Å². The Morgan fingerprint density at radius 1 is 1.14 bits per heavy atom. The number of benzene rings is 1. The Kier molecular flexibility index (Phi) is 3.53. The first-order chi connectivity index (χ1) is 10.1. The van der Waals surface area contributed by atoms with E-state index in [-0.39, 0.29) is 11.7 Å². The molecular weight excluding hydrogens is 264 g/mol. The highest BCUT2D eigenvalue weighted by molar-refractivity contribution is 6.44. The number of rotatable bonds is 2. The van der Waals surface area contributed by atoms with Crippen LogP contribution in [0.3, 0.4) is 0 Å². The van der Waals surface area contributed by atoms with Crippen molar-refractivity contribution in [1.82, 2.24) is 9.47 Å². The van der Waals surface area contributed by atoms with Gasteiger partial charge in [-0.3, -0.25) is 9.59 Å². The predicted molar refractivity (Wildman–Crippen MR) is 82.2 cm³/mol. The molecule has 1 aliphatic heterocycles. The van der Waals surface area contributed by atoms with E-state index in [9.17, 15) is 9.59 Å². The van der Waals surface area contributed by atoms with Gasteiger partial charge in [-0.1, -0.05) is 25.1 Å². The molecule has 1 amide bonds.